The number of aromatic nitrogens is 3. The molecule has 0 unspecified atom stereocenters. The summed E-state index contributed by atoms with van der Waals surface area (Å²) in [5, 5.41) is 0. The fourth-order valence-electron chi connectivity index (χ4n) is 2.34. The molecule has 0 atom stereocenters. The quantitative estimate of drug-likeness (QED) is 0.749. The molecule has 0 spiro atoms. The second kappa shape index (κ2) is 3.98. The van der Waals surface area contributed by atoms with Crippen LogP contribution in [0.1, 0.15) is 24.6 Å². The molecule has 0 radical (unpaired) electrons. The number of nitrogens with one attached hydrogen (secondary N) is 1. The number of aryl methyl sites for hydroxylation is 1. The zero-order valence-corrected chi connectivity index (χ0v) is 10.5. The summed E-state index contributed by atoms with van der Waals surface area (Å²) in [6.07, 6.45) is 1.88. The average molecular weight is 241 g/mol. The van der Waals surface area contributed by atoms with Crippen LogP contribution in [-0.2, 0) is 6.42 Å². The summed E-state index contributed by atoms with van der Waals surface area (Å²) < 4.78 is 1.66. The Balaban J connectivity index is 2.46. The molecule has 1 aromatic carbocycles. The molecule has 18 heavy (non-hydrogen) atoms. The molecule has 0 bridgehead atoms. The summed E-state index contributed by atoms with van der Waals surface area (Å²) in [6.45, 7) is 3.97. The highest BCUT2D eigenvalue weighted by Crippen LogP contribution is 2.14. The Kier molecular flexibility index (Phi) is 2.44. The normalized spacial score (nSPS) is 11.4. The van der Waals surface area contributed by atoms with E-state index in [2.05, 4.69) is 16.9 Å². The van der Waals surface area contributed by atoms with Gasteiger partial charge < -0.3 is 4.98 Å². The van der Waals surface area contributed by atoms with Crippen molar-refractivity contribution in [2.75, 3.05) is 0 Å². The van der Waals surface area contributed by atoms with E-state index in [0.29, 0.717) is 5.78 Å². The summed E-state index contributed by atoms with van der Waals surface area (Å²) >= 11 is 0. The minimum atomic E-state index is 0.0286. The molecule has 2 aromatic heterocycles. The zero-order chi connectivity index (χ0) is 12.7. The molecule has 3 rings (SSSR count). The van der Waals surface area contributed by atoms with Crippen molar-refractivity contribution in [1.82, 2.24) is 14.4 Å². The summed E-state index contributed by atoms with van der Waals surface area (Å²) in [5.41, 5.74) is 3.51. The van der Waals surface area contributed by atoms with Crippen LogP contribution in [0.25, 0.3) is 16.8 Å². The number of fused-ring (bicyclic) bond motifs is 3. The maximum absolute atomic E-state index is 12.4. The maximum Gasteiger partial charge on any atom is 0.262 e. The lowest BCUT2D eigenvalue weighted by Crippen LogP contribution is -2.19. The molecule has 0 aliphatic carbocycles. The Bertz CT molecular complexity index is 783. The highest BCUT2D eigenvalue weighted by molar-refractivity contribution is 5.79. The fraction of sp³-hybridized carbons (Fsp3) is 0.286. The molecule has 1 N–H and O–H groups in total. The summed E-state index contributed by atoms with van der Waals surface area (Å²) in [7, 11) is 0. The van der Waals surface area contributed by atoms with E-state index in [1.807, 2.05) is 31.2 Å². The fourth-order valence-corrected chi connectivity index (χ4v) is 2.34. The van der Waals surface area contributed by atoms with Crippen LogP contribution in [-0.4, -0.2) is 14.4 Å². The van der Waals surface area contributed by atoms with Crippen LogP contribution in [0.4, 0.5) is 0 Å². The maximum atomic E-state index is 12.4. The minimum Gasteiger partial charge on any atom is -0.328 e. The van der Waals surface area contributed by atoms with E-state index in [1.165, 1.54) is 0 Å². The highest BCUT2D eigenvalue weighted by Gasteiger charge is 2.11. The SMILES string of the molecule is CCCc1[nH]c2nc3ccccc3n2c(=O)c1C. The standard InChI is InChI=1S/C14H15N3O/c1-3-6-10-9(2)13(18)17-12-8-5-4-7-11(12)16-14(17)15-10/h4-5,7-8H,3,6H2,1-2H3,(H,15,16). The second-order valence-corrected chi connectivity index (χ2v) is 4.54. The summed E-state index contributed by atoms with van der Waals surface area (Å²) in [4.78, 5) is 20.1. The van der Waals surface area contributed by atoms with Gasteiger partial charge in [0, 0.05) is 11.3 Å². The first-order chi connectivity index (χ1) is 8.72. The monoisotopic (exact) mass is 241 g/mol. The molecule has 3 aromatic rings. The number of hydrogen-bond acceptors (Lipinski definition) is 2. The van der Waals surface area contributed by atoms with Gasteiger partial charge in [0.2, 0.25) is 5.78 Å². The van der Waals surface area contributed by atoms with Gasteiger partial charge in [-0.15, -0.1) is 0 Å². The van der Waals surface area contributed by atoms with E-state index >= 15 is 0 Å². The Morgan fingerprint density at radius 1 is 1.33 bits per heavy atom. The first kappa shape index (κ1) is 11.0. The molecule has 4 nitrogen and oxygen atoms in total. The zero-order valence-electron chi connectivity index (χ0n) is 10.5. The van der Waals surface area contributed by atoms with Gasteiger partial charge >= 0.3 is 0 Å². The smallest absolute Gasteiger partial charge is 0.262 e. The van der Waals surface area contributed by atoms with Gasteiger partial charge in [0.15, 0.2) is 0 Å². The highest BCUT2D eigenvalue weighted by atomic mass is 16.1. The molecule has 0 fully saturated rings. The molecular weight excluding hydrogens is 226 g/mol. The first-order valence-corrected chi connectivity index (χ1v) is 6.21. The molecule has 92 valence electrons. The minimum absolute atomic E-state index is 0.0286. The second-order valence-electron chi connectivity index (χ2n) is 4.54. The van der Waals surface area contributed by atoms with Crippen LogP contribution >= 0.6 is 0 Å². The predicted octanol–water partition coefficient (Wildman–Crippen LogP) is 2.44. The van der Waals surface area contributed by atoms with Crippen LogP contribution in [0, 0.1) is 6.92 Å². The molecular formula is C14H15N3O. The van der Waals surface area contributed by atoms with Crippen molar-refractivity contribution < 1.29 is 0 Å². The van der Waals surface area contributed by atoms with Gasteiger partial charge in [-0.05, 0) is 25.5 Å². The van der Waals surface area contributed by atoms with E-state index in [9.17, 15) is 4.79 Å². The van der Waals surface area contributed by atoms with Crippen LogP contribution < -0.4 is 5.56 Å². The lowest BCUT2D eigenvalue weighted by Gasteiger charge is -2.05. The number of H-pyrrole nitrogens is 1. The van der Waals surface area contributed by atoms with E-state index in [-0.39, 0.29) is 5.56 Å². The molecule has 0 saturated carbocycles. The summed E-state index contributed by atoms with van der Waals surface area (Å²) in [5.74, 6) is 0.634. The molecule has 0 aliphatic heterocycles. The number of hydrogen-bond donors (Lipinski definition) is 1. The Hall–Kier alpha value is -2.10. The van der Waals surface area contributed by atoms with E-state index in [0.717, 1.165) is 35.1 Å². The van der Waals surface area contributed by atoms with E-state index in [4.69, 9.17) is 0 Å². The van der Waals surface area contributed by atoms with Crippen LogP contribution in [0.3, 0.4) is 0 Å². The van der Waals surface area contributed by atoms with Gasteiger partial charge in [0.25, 0.3) is 5.56 Å². The Labute approximate surface area is 104 Å². The van der Waals surface area contributed by atoms with Crippen molar-refractivity contribution in [3.05, 3.63) is 45.9 Å². The largest absolute Gasteiger partial charge is 0.328 e. The lowest BCUT2D eigenvalue weighted by atomic mass is 10.1. The van der Waals surface area contributed by atoms with Crippen molar-refractivity contribution >= 4 is 16.8 Å². The van der Waals surface area contributed by atoms with Crippen LogP contribution in [0.2, 0.25) is 0 Å². The van der Waals surface area contributed by atoms with Gasteiger partial charge in [-0.1, -0.05) is 25.5 Å². The number of nitrogens with zero attached hydrogens (tertiary/aromatic N) is 2. The predicted molar refractivity (Wildman–Crippen MR) is 72.1 cm³/mol. The van der Waals surface area contributed by atoms with Crippen molar-refractivity contribution in [2.45, 2.75) is 26.7 Å². The topological polar surface area (TPSA) is 50.2 Å². The van der Waals surface area contributed by atoms with Gasteiger partial charge in [-0.2, -0.15) is 0 Å². The van der Waals surface area contributed by atoms with Crippen LogP contribution in [0.15, 0.2) is 29.1 Å². The molecule has 0 aliphatic rings. The molecule has 4 heteroatoms. The number of rotatable bonds is 2. The number of aromatic amines is 1. The van der Waals surface area contributed by atoms with E-state index < -0.39 is 0 Å². The van der Waals surface area contributed by atoms with Crippen molar-refractivity contribution in [2.24, 2.45) is 0 Å². The van der Waals surface area contributed by atoms with Crippen molar-refractivity contribution in [3.63, 3.8) is 0 Å². The molecule has 0 amide bonds. The van der Waals surface area contributed by atoms with Crippen molar-refractivity contribution in [3.8, 4) is 0 Å². The average Bonchev–Trinajstić information content (AvgIpc) is 2.74. The van der Waals surface area contributed by atoms with Gasteiger partial charge in [-0.25, -0.2) is 9.38 Å². The lowest BCUT2D eigenvalue weighted by molar-refractivity contribution is 0.853. The number of imidazole rings is 1. The van der Waals surface area contributed by atoms with Gasteiger partial charge in [0.05, 0.1) is 11.0 Å². The third kappa shape index (κ3) is 1.45. The van der Waals surface area contributed by atoms with Crippen LogP contribution in [0.5, 0.6) is 0 Å². The number of benzene rings is 1. The third-order valence-corrected chi connectivity index (χ3v) is 3.30. The summed E-state index contributed by atoms with van der Waals surface area (Å²) in [6, 6.07) is 7.69. The van der Waals surface area contributed by atoms with Crippen molar-refractivity contribution in [1.29, 1.82) is 0 Å². The molecule has 0 saturated heterocycles. The number of para-hydroxylation sites is 2. The van der Waals surface area contributed by atoms with Gasteiger partial charge in [0.1, 0.15) is 0 Å². The Morgan fingerprint density at radius 2 is 2.11 bits per heavy atom. The third-order valence-electron chi connectivity index (χ3n) is 3.30. The van der Waals surface area contributed by atoms with Gasteiger partial charge in [-0.3, -0.25) is 4.79 Å². The first-order valence-electron chi connectivity index (χ1n) is 6.21. The molecule has 2 heterocycles. The Morgan fingerprint density at radius 3 is 2.89 bits per heavy atom. The van der Waals surface area contributed by atoms with E-state index in [1.54, 1.807) is 4.40 Å².